The first kappa shape index (κ1) is 15.5. The van der Waals surface area contributed by atoms with Crippen LogP contribution in [0.3, 0.4) is 0 Å². The minimum Gasteiger partial charge on any atom is -0.368 e. The van der Waals surface area contributed by atoms with Crippen molar-refractivity contribution in [3.05, 3.63) is 35.4 Å². The highest BCUT2D eigenvalue weighted by Crippen LogP contribution is 2.11. The number of aryl methyl sites for hydroxylation is 2. The van der Waals surface area contributed by atoms with Gasteiger partial charge >= 0.3 is 0 Å². The standard InChI is InChI=1S/C16H22N2O3/c1-2-12-5-7-13(8-6-12)9-10-15(19)17-18-16(20)14-4-3-11-21-14/h5-8,14H,2-4,9-11H2,1H3,(H,17,19)(H,18,20). The van der Waals surface area contributed by atoms with Gasteiger partial charge in [-0.1, -0.05) is 31.2 Å². The van der Waals surface area contributed by atoms with Crippen molar-refractivity contribution in [2.24, 2.45) is 0 Å². The van der Waals surface area contributed by atoms with Gasteiger partial charge in [-0.3, -0.25) is 20.4 Å². The maximum absolute atomic E-state index is 11.7. The Hall–Kier alpha value is -1.88. The van der Waals surface area contributed by atoms with Crippen LogP contribution in [0, 0.1) is 0 Å². The topological polar surface area (TPSA) is 67.4 Å². The molecule has 1 saturated heterocycles. The average molecular weight is 290 g/mol. The lowest BCUT2D eigenvalue weighted by atomic mass is 10.1. The zero-order valence-corrected chi connectivity index (χ0v) is 12.4. The number of ether oxygens (including phenoxy) is 1. The van der Waals surface area contributed by atoms with Gasteiger partial charge in [0.25, 0.3) is 5.91 Å². The van der Waals surface area contributed by atoms with Crippen LogP contribution < -0.4 is 10.9 Å². The van der Waals surface area contributed by atoms with Gasteiger partial charge in [-0.05, 0) is 36.8 Å². The van der Waals surface area contributed by atoms with E-state index in [0.717, 1.165) is 18.4 Å². The fourth-order valence-electron chi connectivity index (χ4n) is 2.26. The van der Waals surface area contributed by atoms with E-state index in [1.54, 1.807) is 0 Å². The van der Waals surface area contributed by atoms with Crippen LogP contribution in [0.15, 0.2) is 24.3 Å². The molecular formula is C16H22N2O3. The first-order chi connectivity index (χ1) is 10.2. The second-order valence-electron chi connectivity index (χ2n) is 5.21. The van der Waals surface area contributed by atoms with Crippen LogP contribution in [0.25, 0.3) is 0 Å². The predicted octanol–water partition coefficient (Wildman–Crippen LogP) is 1.51. The number of hydrazine groups is 1. The molecule has 0 bridgehead atoms. The third-order valence-corrected chi connectivity index (χ3v) is 3.62. The van der Waals surface area contributed by atoms with Gasteiger partial charge in [0, 0.05) is 13.0 Å². The summed E-state index contributed by atoms with van der Waals surface area (Å²) >= 11 is 0. The summed E-state index contributed by atoms with van der Waals surface area (Å²) in [5.74, 6) is -0.464. The molecule has 0 saturated carbocycles. The van der Waals surface area contributed by atoms with Gasteiger partial charge in [-0.15, -0.1) is 0 Å². The van der Waals surface area contributed by atoms with Gasteiger partial charge in [0.1, 0.15) is 6.10 Å². The summed E-state index contributed by atoms with van der Waals surface area (Å²) in [6.07, 6.45) is 3.19. The Labute approximate surface area is 125 Å². The summed E-state index contributed by atoms with van der Waals surface area (Å²) in [6.45, 7) is 2.72. The Morgan fingerprint density at radius 1 is 1.19 bits per heavy atom. The lowest BCUT2D eigenvalue weighted by Gasteiger charge is -2.11. The predicted molar refractivity (Wildman–Crippen MR) is 79.4 cm³/mol. The lowest BCUT2D eigenvalue weighted by molar-refractivity contribution is -0.134. The summed E-state index contributed by atoms with van der Waals surface area (Å²) in [5, 5.41) is 0. The lowest BCUT2D eigenvalue weighted by Crippen LogP contribution is -2.46. The van der Waals surface area contributed by atoms with E-state index < -0.39 is 6.10 Å². The van der Waals surface area contributed by atoms with Crippen LogP contribution in [-0.2, 0) is 27.2 Å². The first-order valence-electron chi connectivity index (χ1n) is 7.47. The molecule has 1 aromatic rings. The van der Waals surface area contributed by atoms with E-state index in [1.165, 1.54) is 5.56 Å². The SMILES string of the molecule is CCc1ccc(CCC(=O)NNC(=O)C2CCCO2)cc1. The fourth-order valence-corrected chi connectivity index (χ4v) is 2.26. The van der Waals surface area contributed by atoms with E-state index in [2.05, 4.69) is 29.9 Å². The molecule has 2 amide bonds. The van der Waals surface area contributed by atoms with Gasteiger partial charge in [-0.25, -0.2) is 0 Å². The molecule has 2 N–H and O–H groups in total. The molecule has 1 aliphatic heterocycles. The van der Waals surface area contributed by atoms with Crippen molar-refractivity contribution in [3.63, 3.8) is 0 Å². The van der Waals surface area contributed by atoms with Crippen LogP contribution in [0.4, 0.5) is 0 Å². The minimum atomic E-state index is -0.424. The van der Waals surface area contributed by atoms with Crippen LogP contribution in [0.1, 0.15) is 37.3 Å². The van der Waals surface area contributed by atoms with Gasteiger partial charge in [0.2, 0.25) is 5.91 Å². The Bertz CT molecular complexity index is 479. The molecule has 21 heavy (non-hydrogen) atoms. The maximum atomic E-state index is 11.7. The van der Waals surface area contributed by atoms with Crippen molar-refractivity contribution < 1.29 is 14.3 Å². The normalized spacial score (nSPS) is 17.5. The number of hydrogen-bond donors (Lipinski definition) is 2. The molecule has 0 aliphatic carbocycles. The number of hydrogen-bond acceptors (Lipinski definition) is 3. The molecule has 1 heterocycles. The molecule has 5 nitrogen and oxygen atoms in total. The largest absolute Gasteiger partial charge is 0.368 e. The van der Waals surface area contributed by atoms with E-state index >= 15 is 0 Å². The fraction of sp³-hybridized carbons (Fsp3) is 0.500. The zero-order valence-electron chi connectivity index (χ0n) is 12.4. The average Bonchev–Trinajstić information content (AvgIpc) is 3.05. The molecule has 1 aliphatic rings. The second-order valence-corrected chi connectivity index (χ2v) is 5.21. The Morgan fingerprint density at radius 2 is 1.90 bits per heavy atom. The van der Waals surface area contributed by atoms with Crippen molar-refractivity contribution in [1.29, 1.82) is 0 Å². The number of carbonyl (C=O) groups excluding carboxylic acids is 2. The maximum Gasteiger partial charge on any atom is 0.267 e. The van der Waals surface area contributed by atoms with Gasteiger partial charge < -0.3 is 4.74 Å². The summed E-state index contributed by atoms with van der Waals surface area (Å²) in [4.78, 5) is 23.3. The first-order valence-corrected chi connectivity index (χ1v) is 7.47. The van der Waals surface area contributed by atoms with E-state index in [-0.39, 0.29) is 11.8 Å². The Kier molecular flexibility index (Phi) is 5.75. The molecule has 2 rings (SSSR count). The van der Waals surface area contributed by atoms with Crippen LogP contribution in [0.5, 0.6) is 0 Å². The third kappa shape index (κ3) is 4.86. The molecule has 1 atom stereocenters. The van der Waals surface area contributed by atoms with Crippen LogP contribution in [-0.4, -0.2) is 24.5 Å². The number of amides is 2. The highest BCUT2D eigenvalue weighted by molar-refractivity contribution is 5.84. The summed E-state index contributed by atoms with van der Waals surface area (Å²) in [5.41, 5.74) is 7.25. The van der Waals surface area contributed by atoms with Gasteiger partial charge in [0.05, 0.1) is 0 Å². The smallest absolute Gasteiger partial charge is 0.267 e. The Morgan fingerprint density at radius 3 is 2.52 bits per heavy atom. The molecular weight excluding hydrogens is 268 g/mol. The number of rotatable bonds is 5. The number of carbonyl (C=O) groups is 2. The molecule has 114 valence electrons. The van der Waals surface area contributed by atoms with Crippen molar-refractivity contribution >= 4 is 11.8 Å². The van der Waals surface area contributed by atoms with E-state index in [1.807, 2.05) is 12.1 Å². The summed E-state index contributed by atoms with van der Waals surface area (Å²) < 4.78 is 5.23. The number of benzene rings is 1. The molecule has 5 heteroatoms. The van der Waals surface area contributed by atoms with Crippen molar-refractivity contribution in [2.75, 3.05) is 6.61 Å². The molecule has 0 aromatic heterocycles. The highest BCUT2D eigenvalue weighted by atomic mass is 16.5. The molecule has 1 unspecified atom stereocenters. The van der Waals surface area contributed by atoms with Crippen molar-refractivity contribution in [1.82, 2.24) is 10.9 Å². The zero-order chi connectivity index (χ0) is 15.1. The van der Waals surface area contributed by atoms with Gasteiger partial charge in [-0.2, -0.15) is 0 Å². The molecule has 1 fully saturated rings. The molecule has 1 aromatic carbocycles. The monoisotopic (exact) mass is 290 g/mol. The van der Waals surface area contributed by atoms with E-state index in [0.29, 0.717) is 25.9 Å². The van der Waals surface area contributed by atoms with E-state index in [9.17, 15) is 9.59 Å². The highest BCUT2D eigenvalue weighted by Gasteiger charge is 2.23. The summed E-state index contributed by atoms with van der Waals surface area (Å²) in [7, 11) is 0. The van der Waals surface area contributed by atoms with Crippen molar-refractivity contribution in [2.45, 2.75) is 45.1 Å². The third-order valence-electron chi connectivity index (χ3n) is 3.62. The van der Waals surface area contributed by atoms with E-state index in [4.69, 9.17) is 4.74 Å². The molecule has 0 radical (unpaired) electrons. The Balaban J connectivity index is 1.67. The number of nitrogens with one attached hydrogen (secondary N) is 2. The second kappa shape index (κ2) is 7.78. The summed E-state index contributed by atoms with van der Waals surface area (Å²) in [6, 6.07) is 8.23. The van der Waals surface area contributed by atoms with Crippen LogP contribution in [0.2, 0.25) is 0 Å². The van der Waals surface area contributed by atoms with Gasteiger partial charge in [0.15, 0.2) is 0 Å². The quantitative estimate of drug-likeness (QED) is 0.808. The van der Waals surface area contributed by atoms with Crippen LogP contribution >= 0.6 is 0 Å². The molecule has 0 spiro atoms. The van der Waals surface area contributed by atoms with Crippen molar-refractivity contribution in [3.8, 4) is 0 Å². The minimum absolute atomic E-state index is 0.194.